The van der Waals surface area contributed by atoms with Crippen molar-refractivity contribution in [2.75, 3.05) is 5.73 Å². The molecule has 2 N–H and O–H groups in total. The van der Waals surface area contributed by atoms with E-state index in [1.165, 1.54) is 24.0 Å². The Bertz CT molecular complexity index is 553. The van der Waals surface area contributed by atoms with Crippen molar-refractivity contribution in [1.29, 1.82) is 0 Å². The second kappa shape index (κ2) is 4.48. The summed E-state index contributed by atoms with van der Waals surface area (Å²) in [6, 6.07) is 8.53. The number of hydrogen-bond acceptors (Lipinski definition) is 2. The maximum atomic E-state index is 6.21. The van der Waals surface area contributed by atoms with Crippen LogP contribution in [0.25, 0.3) is 11.3 Å². The number of nitrogens with two attached hydrogens (primary N) is 1. The zero-order valence-electron chi connectivity index (χ0n) is 10.8. The lowest BCUT2D eigenvalue weighted by molar-refractivity contribution is 0.686. The van der Waals surface area contributed by atoms with Crippen LogP contribution in [0.3, 0.4) is 0 Å². The van der Waals surface area contributed by atoms with E-state index in [1.54, 1.807) is 0 Å². The molecule has 3 rings (SSSR count). The quantitative estimate of drug-likeness (QED) is 0.891. The molecule has 0 radical (unpaired) electrons. The van der Waals surface area contributed by atoms with E-state index < -0.39 is 0 Å². The Morgan fingerprint density at radius 1 is 1.33 bits per heavy atom. The highest BCUT2D eigenvalue weighted by molar-refractivity contribution is 5.74. The molecule has 18 heavy (non-hydrogen) atoms. The zero-order chi connectivity index (χ0) is 12.5. The minimum Gasteiger partial charge on any atom is -0.383 e. The minimum atomic E-state index is 0.719. The summed E-state index contributed by atoms with van der Waals surface area (Å²) >= 11 is 0. The van der Waals surface area contributed by atoms with E-state index in [9.17, 15) is 0 Å². The van der Waals surface area contributed by atoms with Crippen molar-refractivity contribution in [2.45, 2.75) is 38.6 Å². The Kier molecular flexibility index (Phi) is 2.82. The molecule has 0 unspecified atom stereocenters. The summed E-state index contributed by atoms with van der Waals surface area (Å²) in [6.07, 6.45) is 5.53. The van der Waals surface area contributed by atoms with Crippen LogP contribution in [0.1, 0.15) is 37.7 Å². The van der Waals surface area contributed by atoms with E-state index in [-0.39, 0.29) is 0 Å². The van der Waals surface area contributed by atoms with Gasteiger partial charge in [-0.2, -0.15) is 0 Å². The summed E-state index contributed by atoms with van der Waals surface area (Å²) in [5, 5.41) is 0. The van der Waals surface area contributed by atoms with Gasteiger partial charge in [-0.25, -0.2) is 4.98 Å². The van der Waals surface area contributed by atoms with Gasteiger partial charge in [0.2, 0.25) is 0 Å². The first-order valence-electron chi connectivity index (χ1n) is 6.71. The number of anilines is 1. The third-order valence-corrected chi connectivity index (χ3v) is 3.58. The highest BCUT2D eigenvalue weighted by Gasteiger charge is 2.27. The van der Waals surface area contributed by atoms with Crippen molar-refractivity contribution in [2.24, 2.45) is 0 Å². The number of imidazole rings is 1. The molecule has 1 saturated carbocycles. The van der Waals surface area contributed by atoms with E-state index in [0.717, 1.165) is 30.4 Å². The number of hydrogen-bond donors (Lipinski definition) is 1. The molecule has 0 amide bonds. The Morgan fingerprint density at radius 2 is 2.11 bits per heavy atom. The van der Waals surface area contributed by atoms with Gasteiger partial charge in [0.05, 0.1) is 6.33 Å². The van der Waals surface area contributed by atoms with E-state index in [2.05, 4.69) is 36.2 Å². The molecule has 1 aromatic carbocycles. The number of aryl methyl sites for hydroxylation is 1. The first-order valence-corrected chi connectivity index (χ1v) is 6.71. The molecule has 3 heteroatoms. The lowest BCUT2D eigenvalue weighted by atomic mass is 10.0. The molecule has 1 heterocycles. The third kappa shape index (κ3) is 1.90. The smallest absolute Gasteiger partial charge is 0.131 e. The van der Waals surface area contributed by atoms with E-state index in [4.69, 9.17) is 5.73 Å². The SMILES string of the molecule is CCCn1cnc(-c2ccccc2C2CC2)c1N. The Labute approximate surface area is 108 Å². The summed E-state index contributed by atoms with van der Waals surface area (Å²) in [7, 11) is 0. The number of nitrogens with zero attached hydrogens (tertiary/aromatic N) is 2. The average Bonchev–Trinajstić information content (AvgIpc) is 3.17. The molecule has 3 nitrogen and oxygen atoms in total. The van der Waals surface area contributed by atoms with Crippen molar-refractivity contribution < 1.29 is 0 Å². The largest absolute Gasteiger partial charge is 0.383 e. The van der Waals surface area contributed by atoms with Gasteiger partial charge in [0.25, 0.3) is 0 Å². The van der Waals surface area contributed by atoms with Gasteiger partial charge in [-0.3, -0.25) is 0 Å². The minimum absolute atomic E-state index is 0.719. The molecule has 0 saturated heterocycles. The van der Waals surface area contributed by atoms with Gasteiger partial charge in [-0.1, -0.05) is 31.2 Å². The number of rotatable bonds is 4. The fourth-order valence-electron chi connectivity index (χ4n) is 2.48. The molecule has 2 aromatic rings. The van der Waals surface area contributed by atoms with Gasteiger partial charge in [0.1, 0.15) is 11.5 Å². The average molecular weight is 241 g/mol. The first kappa shape index (κ1) is 11.3. The predicted molar refractivity (Wildman–Crippen MR) is 74.3 cm³/mol. The van der Waals surface area contributed by atoms with Crippen LogP contribution in [-0.4, -0.2) is 9.55 Å². The first-order chi connectivity index (χ1) is 8.81. The second-order valence-electron chi connectivity index (χ2n) is 5.03. The molecular formula is C15H19N3. The van der Waals surface area contributed by atoms with Crippen LogP contribution >= 0.6 is 0 Å². The van der Waals surface area contributed by atoms with Crippen molar-refractivity contribution in [1.82, 2.24) is 9.55 Å². The molecule has 0 bridgehead atoms. The Morgan fingerprint density at radius 3 is 2.83 bits per heavy atom. The summed E-state index contributed by atoms with van der Waals surface area (Å²) in [5.41, 5.74) is 9.78. The standard InChI is InChI=1S/C15H19N3/c1-2-9-18-10-17-14(15(18)16)13-6-4-3-5-12(13)11-7-8-11/h3-6,10-11H,2,7-9,16H2,1H3. The molecule has 0 atom stereocenters. The molecular weight excluding hydrogens is 222 g/mol. The van der Waals surface area contributed by atoms with E-state index in [1.807, 2.05) is 10.9 Å². The molecule has 1 aliphatic carbocycles. The van der Waals surface area contributed by atoms with E-state index in [0.29, 0.717) is 0 Å². The maximum Gasteiger partial charge on any atom is 0.131 e. The van der Waals surface area contributed by atoms with Crippen LogP contribution in [-0.2, 0) is 6.54 Å². The van der Waals surface area contributed by atoms with Crippen LogP contribution in [0.4, 0.5) is 5.82 Å². The van der Waals surface area contributed by atoms with Gasteiger partial charge in [0.15, 0.2) is 0 Å². The van der Waals surface area contributed by atoms with Crippen LogP contribution < -0.4 is 5.73 Å². The van der Waals surface area contributed by atoms with Gasteiger partial charge in [-0.15, -0.1) is 0 Å². The predicted octanol–water partition coefficient (Wildman–Crippen LogP) is 3.42. The summed E-state index contributed by atoms with van der Waals surface area (Å²) in [4.78, 5) is 4.51. The third-order valence-electron chi connectivity index (χ3n) is 3.58. The Balaban J connectivity index is 2.04. The van der Waals surface area contributed by atoms with Crippen molar-refractivity contribution in [3.63, 3.8) is 0 Å². The van der Waals surface area contributed by atoms with Gasteiger partial charge in [-0.05, 0) is 30.7 Å². The van der Waals surface area contributed by atoms with Crippen LogP contribution in [0.15, 0.2) is 30.6 Å². The lowest BCUT2D eigenvalue weighted by Gasteiger charge is -2.08. The fourth-order valence-corrected chi connectivity index (χ4v) is 2.48. The van der Waals surface area contributed by atoms with Gasteiger partial charge >= 0.3 is 0 Å². The topological polar surface area (TPSA) is 43.8 Å². The lowest BCUT2D eigenvalue weighted by Crippen LogP contribution is -2.01. The molecule has 0 spiro atoms. The maximum absolute atomic E-state index is 6.21. The number of nitrogen functional groups attached to an aromatic ring is 1. The summed E-state index contributed by atoms with van der Waals surface area (Å²) in [6.45, 7) is 3.09. The highest BCUT2D eigenvalue weighted by Crippen LogP contribution is 2.44. The summed E-state index contributed by atoms with van der Waals surface area (Å²) in [5.74, 6) is 1.52. The molecule has 1 aromatic heterocycles. The number of benzene rings is 1. The van der Waals surface area contributed by atoms with Crippen LogP contribution in [0.5, 0.6) is 0 Å². The highest BCUT2D eigenvalue weighted by atomic mass is 15.1. The van der Waals surface area contributed by atoms with Crippen LogP contribution in [0.2, 0.25) is 0 Å². The molecule has 1 fully saturated rings. The van der Waals surface area contributed by atoms with Crippen LogP contribution in [0, 0.1) is 0 Å². The molecule has 94 valence electrons. The van der Waals surface area contributed by atoms with Crippen molar-refractivity contribution in [3.05, 3.63) is 36.2 Å². The monoisotopic (exact) mass is 241 g/mol. The normalized spacial score (nSPS) is 14.9. The Hall–Kier alpha value is -1.77. The van der Waals surface area contributed by atoms with Crippen molar-refractivity contribution in [3.8, 4) is 11.3 Å². The van der Waals surface area contributed by atoms with Gasteiger partial charge in [0, 0.05) is 12.1 Å². The molecule has 0 aliphatic heterocycles. The van der Waals surface area contributed by atoms with Gasteiger partial charge < -0.3 is 10.3 Å². The van der Waals surface area contributed by atoms with Crippen molar-refractivity contribution >= 4 is 5.82 Å². The number of aromatic nitrogens is 2. The van der Waals surface area contributed by atoms with E-state index >= 15 is 0 Å². The molecule has 1 aliphatic rings. The summed E-state index contributed by atoms with van der Waals surface area (Å²) < 4.78 is 2.04. The fraction of sp³-hybridized carbons (Fsp3) is 0.400. The second-order valence-corrected chi connectivity index (χ2v) is 5.03. The zero-order valence-corrected chi connectivity index (χ0v) is 10.8.